The molecule has 0 aromatic heterocycles. The molecule has 1 N–H and O–H groups in total. The van der Waals surface area contributed by atoms with Crippen molar-refractivity contribution < 1.29 is 14.3 Å². The van der Waals surface area contributed by atoms with Crippen molar-refractivity contribution in [2.24, 2.45) is 0 Å². The van der Waals surface area contributed by atoms with E-state index in [2.05, 4.69) is 10.2 Å². The zero-order valence-corrected chi connectivity index (χ0v) is 17.1. The largest absolute Gasteiger partial charge is 0.444 e. The lowest BCUT2D eigenvalue weighted by Gasteiger charge is -2.48. The molecule has 0 atom stereocenters. The van der Waals surface area contributed by atoms with Crippen molar-refractivity contribution in [2.75, 3.05) is 33.2 Å². The van der Waals surface area contributed by atoms with Crippen LogP contribution in [0.15, 0.2) is 0 Å². The molecule has 150 valence electrons. The second-order valence-corrected chi connectivity index (χ2v) is 8.95. The molecule has 26 heavy (non-hydrogen) atoms. The maximum absolute atomic E-state index is 12.4. The van der Waals surface area contributed by atoms with Crippen molar-refractivity contribution in [3.05, 3.63) is 0 Å². The summed E-state index contributed by atoms with van der Waals surface area (Å²) in [7, 11) is 1.61. The number of amides is 2. The third kappa shape index (κ3) is 6.15. The zero-order chi connectivity index (χ0) is 19.2. The highest BCUT2D eigenvalue weighted by Gasteiger charge is 2.38. The standard InChI is InChI=1S/C20H37N3O3/c1-19(2,3)26-18(25)22(4)15-17(24)21-16-20(11-7-5-8-12-20)23-13-9-6-10-14-23/h5-16H2,1-4H3,(H,21,24). The highest BCUT2D eigenvalue weighted by molar-refractivity contribution is 5.82. The maximum Gasteiger partial charge on any atom is 0.410 e. The smallest absolute Gasteiger partial charge is 0.410 e. The quantitative estimate of drug-likeness (QED) is 0.811. The van der Waals surface area contributed by atoms with Crippen LogP contribution < -0.4 is 5.32 Å². The van der Waals surface area contributed by atoms with Gasteiger partial charge in [0.15, 0.2) is 0 Å². The average Bonchev–Trinajstić information content (AvgIpc) is 2.60. The molecule has 6 nitrogen and oxygen atoms in total. The van der Waals surface area contributed by atoms with E-state index in [0.717, 1.165) is 25.9 Å². The van der Waals surface area contributed by atoms with E-state index in [4.69, 9.17) is 4.74 Å². The van der Waals surface area contributed by atoms with Crippen LogP contribution in [-0.2, 0) is 9.53 Å². The molecule has 0 aromatic carbocycles. The average molecular weight is 368 g/mol. The van der Waals surface area contributed by atoms with Crippen LogP contribution in [0.5, 0.6) is 0 Å². The topological polar surface area (TPSA) is 61.9 Å². The summed E-state index contributed by atoms with van der Waals surface area (Å²) in [6.07, 6.45) is 9.48. The SMILES string of the molecule is CN(CC(=O)NCC1(N2CCCCC2)CCCCC1)C(=O)OC(C)(C)C. The third-order valence-corrected chi connectivity index (χ3v) is 5.51. The molecule has 0 unspecified atom stereocenters. The van der Waals surface area contributed by atoms with E-state index in [-0.39, 0.29) is 18.0 Å². The summed E-state index contributed by atoms with van der Waals surface area (Å²) in [6.45, 7) is 8.49. The Hall–Kier alpha value is -1.30. The van der Waals surface area contributed by atoms with E-state index in [1.165, 1.54) is 43.4 Å². The number of carbonyl (C=O) groups excluding carboxylic acids is 2. The molecule has 0 bridgehead atoms. The molecule has 1 aliphatic carbocycles. The second-order valence-electron chi connectivity index (χ2n) is 8.95. The van der Waals surface area contributed by atoms with E-state index in [1.54, 1.807) is 7.05 Å². The Labute approximate surface area is 158 Å². The molecule has 2 rings (SSSR count). The Bertz CT molecular complexity index is 475. The van der Waals surface area contributed by atoms with Crippen LogP contribution in [0.25, 0.3) is 0 Å². The Morgan fingerprint density at radius 3 is 2.19 bits per heavy atom. The van der Waals surface area contributed by atoms with Crippen LogP contribution in [0.3, 0.4) is 0 Å². The molecule has 2 fully saturated rings. The van der Waals surface area contributed by atoms with Gasteiger partial charge in [0, 0.05) is 19.1 Å². The van der Waals surface area contributed by atoms with Crippen LogP contribution in [0.4, 0.5) is 4.79 Å². The Kier molecular flexibility index (Phi) is 7.33. The first-order valence-electron chi connectivity index (χ1n) is 10.2. The van der Waals surface area contributed by atoms with E-state index in [9.17, 15) is 9.59 Å². The first kappa shape index (κ1) is 21.0. The summed E-state index contributed by atoms with van der Waals surface area (Å²) in [6, 6.07) is 0. The number of piperidine rings is 1. The molecule has 2 aliphatic rings. The van der Waals surface area contributed by atoms with Crippen molar-refractivity contribution in [2.45, 2.75) is 83.3 Å². The lowest BCUT2D eigenvalue weighted by Crippen LogP contribution is -2.58. The summed E-state index contributed by atoms with van der Waals surface area (Å²) in [5.41, 5.74) is -0.443. The number of nitrogens with zero attached hydrogens (tertiary/aromatic N) is 2. The highest BCUT2D eigenvalue weighted by atomic mass is 16.6. The van der Waals surface area contributed by atoms with Crippen LogP contribution >= 0.6 is 0 Å². The molecule has 2 amide bonds. The van der Waals surface area contributed by atoms with Gasteiger partial charge in [-0.25, -0.2) is 4.79 Å². The lowest BCUT2D eigenvalue weighted by atomic mass is 9.79. The fourth-order valence-electron chi connectivity index (χ4n) is 4.12. The summed E-state index contributed by atoms with van der Waals surface area (Å²) < 4.78 is 5.31. The van der Waals surface area contributed by atoms with Crippen LogP contribution in [0.2, 0.25) is 0 Å². The molecule has 6 heteroatoms. The first-order chi connectivity index (χ1) is 12.2. The molecule has 0 radical (unpaired) electrons. The lowest BCUT2D eigenvalue weighted by molar-refractivity contribution is -0.123. The fraction of sp³-hybridized carbons (Fsp3) is 0.900. The van der Waals surface area contributed by atoms with Gasteiger partial charge in [-0.3, -0.25) is 9.69 Å². The molecule has 0 spiro atoms. The summed E-state index contributed by atoms with van der Waals surface area (Å²) in [4.78, 5) is 28.4. The number of nitrogens with one attached hydrogen (secondary N) is 1. The van der Waals surface area contributed by atoms with Gasteiger partial charge in [-0.2, -0.15) is 0 Å². The molecular formula is C20H37N3O3. The van der Waals surface area contributed by atoms with Crippen LogP contribution in [0.1, 0.15) is 72.1 Å². The minimum atomic E-state index is -0.553. The van der Waals surface area contributed by atoms with Gasteiger partial charge in [-0.1, -0.05) is 25.7 Å². The van der Waals surface area contributed by atoms with Gasteiger partial charge in [0.2, 0.25) is 5.91 Å². The second kappa shape index (κ2) is 9.07. The van der Waals surface area contributed by atoms with Crippen molar-refractivity contribution >= 4 is 12.0 Å². The minimum absolute atomic E-state index is 0.0327. The van der Waals surface area contributed by atoms with E-state index in [0.29, 0.717) is 6.54 Å². The summed E-state index contributed by atoms with van der Waals surface area (Å²) in [5, 5.41) is 3.11. The molecule has 1 saturated heterocycles. The van der Waals surface area contributed by atoms with Gasteiger partial charge in [0.25, 0.3) is 0 Å². The Balaban J connectivity index is 1.87. The Morgan fingerprint density at radius 2 is 1.62 bits per heavy atom. The fourth-order valence-corrected chi connectivity index (χ4v) is 4.12. The molecule has 1 heterocycles. The molecule has 1 aliphatic heterocycles. The van der Waals surface area contributed by atoms with E-state index in [1.807, 2.05) is 20.8 Å². The van der Waals surface area contributed by atoms with Gasteiger partial charge in [-0.05, 0) is 59.5 Å². The van der Waals surface area contributed by atoms with Gasteiger partial charge >= 0.3 is 6.09 Å². The minimum Gasteiger partial charge on any atom is -0.444 e. The number of hydrogen-bond acceptors (Lipinski definition) is 4. The number of likely N-dealkylation sites (N-methyl/N-ethyl adjacent to an activating group) is 1. The van der Waals surface area contributed by atoms with Gasteiger partial charge in [-0.15, -0.1) is 0 Å². The summed E-state index contributed by atoms with van der Waals surface area (Å²) in [5.74, 6) is -0.111. The van der Waals surface area contributed by atoms with E-state index >= 15 is 0 Å². The molecule has 1 saturated carbocycles. The predicted octanol–water partition coefficient (Wildman–Crippen LogP) is 3.16. The van der Waals surface area contributed by atoms with Crippen LogP contribution in [-0.4, -0.2) is 66.2 Å². The number of rotatable bonds is 5. The highest BCUT2D eigenvalue weighted by Crippen LogP contribution is 2.35. The number of carbonyl (C=O) groups is 2. The predicted molar refractivity (Wildman–Crippen MR) is 103 cm³/mol. The summed E-state index contributed by atoms with van der Waals surface area (Å²) >= 11 is 0. The monoisotopic (exact) mass is 367 g/mol. The maximum atomic E-state index is 12.4. The van der Waals surface area contributed by atoms with Gasteiger partial charge in [0.05, 0.1) is 0 Å². The van der Waals surface area contributed by atoms with Crippen molar-refractivity contribution in [1.29, 1.82) is 0 Å². The van der Waals surface area contributed by atoms with Crippen molar-refractivity contribution in [3.8, 4) is 0 Å². The third-order valence-electron chi connectivity index (χ3n) is 5.51. The van der Waals surface area contributed by atoms with Gasteiger partial charge in [0.1, 0.15) is 12.1 Å². The zero-order valence-electron chi connectivity index (χ0n) is 17.1. The first-order valence-corrected chi connectivity index (χ1v) is 10.2. The van der Waals surface area contributed by atoms with Crippen molar-refractivity contribution in [1.82, 2.24) is 15.1 Å². The molecule has 0 aromatic rings. The van der Waals surface area contributed by atoms with Gasteiger partial charge < -0.3 is 15.0 Å². The number of likely N-dealkylation sites (tertiary alicyclic amines) is 1. The Morgan fingerprint density at radius 1 is 1.04 bits per heavy atom. The number of ether oxygens (including phenoxy) is 1. The normalized spacial score (nSPS) is 21.1. The van der Waals surface area contributed by atoms with Crippen molar-refractivity contribution in [3.63, 3.8) is 0 Å². The number of hydrogen-bond donors (Lipinski definition) is 1. The van der Waals surface area contributed by atoms with Crippen LogP contribution in [0, 0.1) is 0 Å². The molecular weight excluding hydrogens is 330 g/mol. The van der Waals surface area contributed by atoms with E-state index < -0.39 is 11.7 Å².